The highest BCUT2D eigenvalue weighted by atomic mass is 14.9. The molecular formula is C13H24N2. The first-order valence-corrected chi connectivity index (χ1v) is 6.14. The van der Waals surface area contributed by atoms with Gasteiger partial charge in [-0.2, -0.15) is 0 Å². The average molecular weight is 208 g/mol. The van der Waals surface area contributed by atoms with Crippen molar-refractivity contribution in [2.75, 3.05) is 6.54 Å². The second kappa shape index (κ2) is 6.67. The monoisotopic (exact) mass is 208 g/mol. The Morgan fingerprint density at radius 3 is 2.80 bits per heavy atom. The van der Waals surface area contributed by atoms with Gasteiger partial charge in [-0.1, -0.05) is 6.92 Å². The molecule has 0 spiro atoms. The van der Waals surface area contributed by atoms with Gasteiger partial charge in [0.2, 0.25) is 0 Å². The Labute approximate surface area is 93.7 Å². The number of hydrogen-bond acceptors (Lipinski definition) is 1. The van der Waals surface area contributed by atoms with Crippen LogP contribution in [-0.4, -0.2) is 17.2 Å². The summed E-state index contributed by atoms with van der Waals surface area (Å²) in [6, 6.07) is 2.87. The molecule has 1 N–H and O–H groups in total. The van der Waals surface area contributed by atoms with Crippen LogP contribution < -0.4 is 5.32 Å². The van der Waals surface area contributed by atoms with Gasteiger partial charge in [-0.15, -0.1) is 0 Å². The van der Waals surface area contributed by atoms with Gasteiger partial charge in [0.15, 0.2) is 0 Å². The quantitative estimate of drug-likeness (QED) is 0.729. The third-order valence-electron chi connectivity index (χ3n) is 2.79. The Bertz CT molecular complexity index is 265. The van der Waals surface area contributed by atoms with E-state index < -0.39 is 0 Å². The van der Waals surface area contributed by atoms with Gasteiger partial charge in [0.1, 0.15) is 0 Å². The minimum Gasteiger partial charge on any atom is -0.354 e. The van der Waals surface area contributed by atoms with Crippen molar-refractivity contribution >= 4 is 0 Å². The summed E-state index contributed by atoms with van der Waals surface area (Å²) in [5.41, 5.74) is 1.46. The van der Waals surface area contributed by atoms with Crippen LogP contribution in [0.3, 0.4) is 0 Å². The van der Waals surface area contributed by atoms with Crippen LogP contribution in [0.4, 0.5) is 0 Å². The van der Waals surface area contributed by atoms with Crippen molar-refractivity contribution in [3.8, 4) is 0 Å². The third-order valence-corrected chi connectivity index (χ3v) is 2.79. The predicted octanol–water partition coefficient (Wildman–Crippen LogP) is 2.83. The molecule has 1 rings (SSSR count). The summed E-state index contributed by atoms with van der Waals surface area (Å²) in [6.07, 6.45) is 8.06. The van der Waals surface area contributed by atoms with E-state index in [1.165, 1.54) is 24.8 Å². The van der Waals surface area contributed by atoms with Gasteiger partial charge in [-0.05, 0) is 51.3 Å². The van der Waals surface area contributed by atoms with E-state index >= 15 is 0 Å². The van der Waals surface area contributed by atoms with E-state index in [0.717, 1.165) is 13.1 Å². The molecular weight excluding hydrogens is 184 g/mol. The summed E-state index contributed by atoms with van der Waals surface area (Å²) in [5, 5.41) is 3.52. The Hall–Kier alpha value is -0.760. The second-order valence-electron chi connectivity index (χ2n) is 4.24. The molecule has 0 aliphatic heterocycles. The zero-order valence-electron chi connectivity index (χ0n) is 10.3. The molecule has 0 amide bonds. The molecule has 0 aliphatic rings. The van der Waals surface area contributed by atoms with Gasteiger partial charge in [-0.25, -0.2) is 0 Å². The fraction of sp³-hybridized carbons (Fsp3) is 0.692. The lowest BCUT2D eigenvalue weighted by Gasteiger charge is -2.11. The summed E-state index contributed by atoms with van der Waals surface area (Å²) in [7, 11) is 0. The third kappa shape index (κ3) is 4.52. The summed E-state index contributed by atoms with van der Waals surface area (Å²) in [5.74, 6) is 0. The van der Waals surface area contributed by atoms with Crippen LogP contribution in [0.1, 0.15) is 39.2 Å². The maximum Gasteiger partial charge on any atom is 0.0191 e. The molecule has 0 saturated heterocycles. The molecule has 1 aromatic heterocycles. The minimum absolute atomic E-state index is 0.634. The fourth-order valence-electron chi connectivity index (χ4n) is 1.71. The lowest BCUT2D eigenvalue weighted by atomic mass is 10.1. The van der Waals surface area contributed by atoms with Crippen LogP contribution in [0.25, 0.3) is 0 Å². The van der Waals surface area contributed by atoms with Crippen LogP contribution in [0.5, 0.6) is 0 Å². The zero-order chi connectivity index (χ0) is 11.1. The highest BCUT2D eigenvalue weighted by Crippen LogP contribution is 2.06. The Morgan fingerprint density at radius 1 is 1.40 bits per heavy atom. The van der Waals surface area contributed by atoms with Crippen LogP contribution in [-0.2, 0) is 13.0 Å². The standard InChI is InChI=1S/C13H24N2/c1-4-9-14-12(3)6-7-13-8-10-15(5-2)11-13/h8,10-12,14H,4-7,9H2,1-3H3. The van der Waals surface area contributed by atoms with Crippen molar-refractivity contribution in [3.63, 3.8) is 0 Å². The van der Waals surface area contributed by atoms with Crippen LogP contribution in [0, 0.1) is 0 Å². The van der Waals surface area contributed by atoms with Gasteiger partial charge in [0.05, 0.1) is 0 Å². The largest absolute Gasteiger partial charge is 0.354 e. The smallest absolute Gasteiger partial charge is 0.0191 e. The van der Waals surface area contributed by atoms with Crippen molar-refractivity contribution in [3.05, 3.63) is 24.0 Å². The van der Waals surface area contributed by atoms with Crippen molar-refractivity contribution < 1.29 is 0 Å². The molecule has 0 fully saturated rings. The summed E-state index contributed by atoms with van der Waals surface area (Å²) in [4.78, 5) is 0. The Kier molecular flexibility index (Phi) is 5.48. The first kappa shape index (κ1) is 12.3. The molecule has 0 radical (unpaired) electrons. The summed E-state index contributed by atoms with van der Waals surface area (Å²) in [6.45, 7) is 8.86. The molecule has 1 atom stereocenters. The molecule has 2 heteroatoms. The second-order valence-corrected chi connectivity index (χ2v) is 4.24. The lowest BCUT2D eigenvalue weighted by Crippen LogP contribution is -2.26. The average Bonchev–Trinajstić information content (AvgIpc) is 2.71. The molecule has 2 nitrogen and oxygen atoms in total. The highest BCUT2D eigenvalue weighted by Gasteiger charge is 2.02. The van der Waals surface area contributed by atoms with E-state index in [4.69, 9.17) is 0 Å². The SMILES string of the molecule is CCCNC(C)CCc1ccn(CC)c1. The van der Waals surface area contributed by atoms with Crippen molar-refractivity contribution in [1.82, 2.24) is 9.88 Å². The topological polar surface area (TPSA) is 17.0 Å². The first-order valence-electron chi connectivity index (χ1n) is 6.14. The number of aromatic nitrogens is 1. The molecule has 1 unspecified atom stereocenters. The van der Waals surface area contributed by atoms with Gasteiger partial charge in [0, 0.05) is 25.0 Å². The Morgan fingerprint density at radius 2 is 2.20 bits per heavy atom. The molecule has 1 heterocycles. The number of nitrogens with zero attached hydrogens (tertiary/aromatic N) is 1. The van der Waals surface area contributed by atoms with E-state index in [2.05, 4.69) is 49.1 Å². The van der Waals surface area contributed by atoms with Gasteiger partial charge >= 0.3 is 0 Å². The molecule has 0 aromatic carbocycles. The zero-order valence-corrected chi connectivity index (χ0v) is 10.3. The van der Waals surface area contributed by atoms with E-state index in [1.807, 2.05) is 0 Å². The first-order chi connectivity index (χ1) is 7.26. The number of rotatable bonds is 7. The van der Waals surface area contributed by atoms with Gasteiger partial charge < -0.3 is 9.88 Å². The molecule has 0 saturated carbocycles. The van der Waals surface area contributed by atoms with Crippen molar-refractivity contribution in [2.24, 2.45) is 0 Å². The number of hydrogen-bond donors (Lipinski definition) is 1. The molecule has 86 valence electrons. The van der Waals surface area contributed by atoms with E-state index in [1.54, 1.807) is 0 Å². The summed E-state index contributed by atoms with van der Waals surface area (Å²) >= 11 is 0. The molecule has 0 bridgehead atoms. The van der Waals surface area contributed by atoms with Crippen molar-refractivity contribution in [1.29, 1.82) is 0 Å². The van der Waals surface area contributed by atoms with Crippen LogP contribution >= 0.6 is 0 Å². The number of nitrogens with one attached hydrogen (secondary N) is 1. The number of aryl methyl sites for hydroxylation is 2. The minimum atomic E-state index is 0.634. The normalized spacial score (nSPS) is 13.0. The highest BCUT2D eigenvalue weighted by molar-refractivity contribution is 5.10. The van der Waals surface area contributed by atoms with Crippen LogP contribution in [0.2, 0.25) is 0 Å². The molecule has 15 heavy (non-hydrogen) atoms. The van der Waals surface area contributed by atoms with E-state index in [0.29, 0.717) is 6.04 Å². The maximum absolute atomic E-state index is 3.52. The molecule has 0 aliphatic carbocycles. The Balaban J connectivity index is 2.24. The van der Waals surface area contributed by atoms with Crippen LogP contribution in [0.15, 0.2) is 18.5 Å². The van der Waals surface area contributed by atoms with E-state index in [-0.39, 0.29) is 0 Å². The van der Waals surface area contributed by atoms with Gasteiger partial charge in [-0.3, -0.25) is 0 Å². The van der Waals surface area contributed by atoms with E-state index in [9.17, 15) is 0 Å². The molecule has 1 aromatic rings. The van der Waals surface area contributed by atoms with Crippen molar-refractivity contribution in [2.45, 2.75) is 52.6 Å². The maximum atomic E-state index is 3.52. The fourth-order valence-corrected chi connectivity index (χ4v) is 1.71. The summed E-state index contributed by atoms with van der Waals surface area (Å²) < 4.78 is 2.24. The predicted molar refractivity (Wildman–Crippen MR) is 66.2 cm³/mol. The lowest BCUT2D eigenvalue weighted by molar-refractivity contribution is 0.513. The van der Waals surface area contributed by atoms with Gasteiger partial charge in [0.25, 0.3) is 0 Å².